The van der Waals surface area contributed by atoms with Crippen LogP contribution in [0.1, 0.15) is 17.5 Å². The molecule has 6 heteroatoms. The Balaban J connectivity index is 1.47. The third kappa shape index (κ3) is 6.12. The van der Waals surface area contributed by atoms with Crippen LogP contribution in [0.15, 0.2) is 48.5 Å². The monoisotopic (exact) mass is 414 g/mol. The Morgan fingerprint density at radius 1 is 1.10 bits per heavy atom. The van der Waals surface area contributed by atoms with Gasteiger partial charge in [0, 0.05) is 56.5 Å². The van der Waals surface area contributed by atoms with Crippen LogP contribution in [0.4, 0.5) is 16.2 Å². The fourth-order valence-electron chi connectivity index (χ4n) is 3.77. The summed E-state index contributed by atoms with van der Waals surface area (Å²) in [5, 5.41) is 0. The molecule has 0 unspecified atom stereocenters. The van der Waals surface area contributed by atoms with Crippen LogP contribution in [-0.2, 0) is 6.42 Å². The van der Waals surface area contributed by atoms with Crippen molar-refractivity contribution in [1.29, 1.82) is 0 Å². The number of aryl methyl sites for hydroxylation is 1. The van der Waals surface area contributed by atoms with E-state index in [1.165, 1.54) is 16.8 Å². The quantitative estimate of drug-likeness (QED) is 0.667. The minimum absolute atomic E-state index is 0.436. The van der Waals surface area contributed by atoms with Gasteiger partial charge in [0.05, 0.1) is 0 Å². The normalized spacial score (nSPS) is 14.8. The molecule has 29 heavy (non-hydrogen) atoms. The van der Waals surface area contributed by atoms with E-state index in [9.17, 15) is 4.79 Å². The van der Waals surface area contributed by atoms with Crippen molar-refractivity contribution in [3.8, 4) is 0 Å². The predicted octanol–water partition coefficient (Wildman–Crippen LogP) is 3.87. The maximum absolute atomic E-state index is 11.7. The van der Waals surface area contributed by atoms with Crippen LogP contribution in [0.3, 0.4) is 0 Å². The Morgan fingerprint density at radius 3 is 2.45 bits per heavy atom. The number of urea groups is 1. The summed E-state index contributed by atoms with van der Waals surface area (Å²) in [5.41, 5.74) is 10.2. The van der Waals surface area contributed by atoms with Gasteiger partial charge in [0.1, 0.15) is 0 Å². The minimum Gasteiger partial charge on any atom is -0.369 e. The average Bonchev–Trinajstić information content (AvgIpc) is 2.73. The second-order valence-electron chi connectivity index (χ2n) is 7.62. The molecule has 2 N–H and O–H groups in total. The van der Waals surface area contributed by atoms with Crippen molar-refractivity contribution in [2.24, 2.45) is 5.73 Å². The van der Waals surface area contributed by atoms with Crippen LogP contribution in [0, 0.1) is 6.92 Å². The van der Waals surface area contributed by atoms with Gasteiger partial charge in [0.25, 0.3) is 0 Å². The van der Waals surface area contributed by atoms with Crippen molar-refractivity contribution >= 4 is 29.0 Å². The fourth-order valence-corrected chi connectivity index (χ4v) is 3.89. The van der Waals surface area contributed by atoms with E-state index >= 15 is 0 Å². The first-order chi connectivity index (χ1) is 14.1. The lowest BCUT2D eigenvalue weighted by Gasteiger charge is -2.36. The number of anilines is 2. The molecular formula is C23H31ClN4O. The number of hydrogen-bond donors (Lipinski definition) is 1. The van der Waals surface area contributed by atoms with Gasteiger partial charge in [-0.25, -0.2) is 4.79 Å². The molecule has 1 saturated heterocycles. The smallest absolute Gasteiger partial charge is 0.319 e. The summed E-state index contributed by atoms with van der Waals surface area (Å²) < 4.78 is 0. The van der Waals surface area contributed by atoms with E-state index < -0.39 is 6.03 Å². The van der Waals surface area contributed by atoms with Gasteiger partial charge in [0.2, 0.25) is 0 Å². The largest absolute Gasteiger partial charge is 0.369 e. The molecule has 1 aliphatic heterocycles. The number of hydrogen-bond acceptors (Lipinski definition) is 3. The molecule has 1 aliphatic rings. The van der Waals surface area contributed by atoms with Crippen LogP contribution in [-0.4, -0.2) is 56.1 Å². The number of carbonyl (C=O) groups excluding carboxylic acids is 1. The lowest BCUT2D eigenvalue weighted by atomic mass is 10.1. The van der Waals surface area contributed by atoms with Crippen molar-refractivity contribution in [2.45, 2.75) is 19.8 Å². The molecule has 0 spiro atoms. The van der Waals surface area contributed by atoms with E-state index in [1.807, 2.05) is 12.1 Å². The summed E-state index contributed by atoms with van der Waals surface area (Å²) in [4.78, 5) is 18.2. The molecule has 0 saturated carbocycles. The highest BCUT2D eigenvalue weighted by atomic mass is 35.5. The van der Waals surface area contributed by atoms with Gasteiger partial charge in [-0.1, -0.05) is 24.3 Å². The number of nitrogens with two attached hydrogens (primary N) is 1. The van der Waals surface area contributed by atoms with Crippen molar-refractivity contribution in [3.05, 3.63) is 59.7 Å². The Labute approximate surface area is 179 Å². The number of carbonyl (C=O) groups is 1. The maximum Gasteiger partial charge on any atom is 0.319 e. The molecule has 1 heterocycles. The summed E-state index contributed by atoms with van der Waals surface area (Å²) in [6.45, 7) is 8.04. The van der Waals surface area contributed by atoms with Gasteiger partial charge in [0.15, 0.2) is 0 Å². The zero-order valence-corrected chi connectivity index (χ0v) is 17.9. The van der Waals surface area contributed by atoms with Gasteiger partial charge in [-0.15, -0.1) is 11.6 Å². The highest BCUT2D eigenvalue weighted by Crippen LogP contribution is 2.19. The number of halogens is 1. The Bertz CT molecular complexity index is 788. The molecule has 0 bridgehead atoms. The second-order valence-corrected chi connectivity index (χ2v) is 7.99. The molecule has 0 aromatic heterocycles. The average molecular weight is 415 g/mol. The third-order valence-corrected chi connectivity index (χ3v) is 5.75. The summed E-state index contributed by atoms with van der Waals surface area (Å²) >= 11 is 5.74. The van der Waals surface area contributed by atoms with Crippen molar-refractivity contribution < 1.29 is 4.79 Å². The summed E-state index contributed by atoms with van der Waals surface area (Å²) in [5.74, 6) is 0.513. The molecule has 0 radical (unpaired) electrons. The number of benzene rings is 2. The van der Waals surface area contributed by atoms with Gasteiger partial charge in [-0.3, -0.25) is 9.80 Å². The fraction of sp³-hybridized carbons (Fsp3) is 0.435. The maximum atomic E-state index is 11.7. The van der Waals surface area contributed by atoms with Crippen LogP contribution in [0.5, 0.6) is 0 Å². The molecular weight excluding hydrogens is 384 g/mol. The third-order valence-electron chi connectivity index (χ3n) is 5.49. The highest BCUT2D eigenvalue weighted by Gasteiger charge is 2.17. The number of rotatable bonds is 8. The van der Waals surface area contributed by atoms with Crippen molar-refractivity contribution in [3.63, 3.8) is 0 Å². The standard InChI is InChI=1S/C23H31ClN4O/c1-19-4-2-5-22(18-19)27-16-14-26(15-17-27)13-10-20-6-8-21(9-7-20)28(23(25)29)12-3-11-24/h2,4-9,18H,3,10-17H2,1H3,(H2,25,29). The number of alkyl halides is 1. The van der Waals surface area contributed by atoms with Gasteiger partial charge >= 0.3 is 6.03 Å². The van der Waals surface area contributed by atoms with Gasteiger partial charge in [-0.2, -0.15) is 0 Å². The van der Waals surface area contributed by atoms with E-state index in [0.29, 0.717) is 12.4 Å². The molecule has 2 aromatic rings. The Morgan fingerprint density at radius 2 is 1.83 bits per heavy atom. The first kappa shape index (κ1) is 21.5. The number of piperazine rings is 1. The van der Waals surface area contributed by atoms with E-state index in [0.717, 1.165) is 51.3 Å². The van der Waals surface area contributed by atoms with Crippen molar-refractivity contribution in [2.75, 3.05) is 54.9 Å². The lowest BCUT2D eigenvalue weighted by molar-refractivity contribution is 0.254. The van der Waals surface area contributed by atoms with Crippen LogP contribution in [0.25, 0.3) is 0 Å². The van der Waals surface area contributed by atoms with Crippen LogP contribution in [0.2, 0.25) is 0 Å². The first-order valence-corrected chi connectivity index (χ1v) is 10.9. The van der Waals surface area contributed by atoms with E-state index in [2.05, 4.69) is 53.1 Å². The molecule has 5 nitrogen and oxygen atoms in total. The van der Waals surface area contributed by atoms with Crippen LogP contribution < -0.4 is 15.5 Å². The van der Waals surface area contributed by atoms with Gasteiger partial charge < -0.3 is 10.6 Å². The topological polar surface area (TPSA) is 52.8 Å². The Hall–Kier alpha value is -2.24. The molecule has 0 atom stereocenters. The molecule has 1 fully saturated rings. The molecule has 156 valence electrons. The first-order valence-electron chi connectivity index (χ1n) is 10.3. The molecule has 0 aliphatic carbocycles. The van der Waals surface area contributed by atoms with E-state index in [4.69, 9.17) is 17.3 Å². The lowest BCUT2D eigenvalue weighted by Crippen LogP contribution is -2.47. The highest BCUT2D eigenvalue weighted by molar-refractivity contribution is 6.17. The Kier molecular flexibility index (Phi) is 7.78. The summed E-state index contributed by atoms with van der Waals surface area (Å²) in [7, 11) is 0. The number of amides is 2. The molecule has 3 rings (SSSR count). The summed E-state index contributed by atoms with van der Waals surface area (Å²) in [6, 6.07) is 16.4. The van der Waals surface area contributed by atoms with Gasteiger partial charge in [-0.05, 0) is 55.2 Å². The minimum atomic E-state index is -0.436. The van der Waals surface area contributed by atoms with E-state index in [-0.39, 0.29) is 0 Å². The SMILES string of the molecule is Cc1cccc(N2CCN(CCc3ccc(N(CCCCl)C(N)=O)cc3)CC2)c1. The molecule has 2 aromatic carbocycles. The second kappa shape index (κ2) is 10.5. The number of nitrogens with zero attached hydrogens (tertiary/aromatic N) is 3. The predicted molar refractivity (Wildman–Crippen MR) is 122 cm³/mol. The van der Waals surface area contributed by atoms with Crippen molar-refractivity contribution in [1.82, 2.24) is 4.90 Å². The van der Waals surface area contributed by atoms with Crippen LogP contribution >= 0.6 is 11.6 Å². The van der Waals surface area contributed by atoms with E-state index in [1.54, 1.807) is 4.90 Å². The summed E-state index contributed by atoms with van der Waals surface area (Å²) in [6.07, 6.45) is 1.73. The number of primary amides is 1. The molecule has 2 amide bonds. The zero-order chi connectivity index (χ0) is 20.6. The zero-order valence-electron chi connectivity index (χ0n) is 17.2.